The minimum atomic E-state index is -4.68. The first-order valence-electron chi connectivity index (χ1n) is 11.0. The van der Waals surface area contributed by atoms with E-state index in [1.54, 1.807) is 18.6 Å². The second-order valence-electron chi connectivity index (χ2n) is 8.79. The number of carboxylic acid groups (broad SMARTS) is 1. The van der Waals surface area contributed by atoms with E-state index in [0.717, 1.165) is 21.2 Å². The molecule has 2 fully saturated rings. The van der Waals surface area contributed by atoms with Gasteiger partial charge in [0.1, 0.15) is 11.9 Å². The minimum Gasteiger partial charge on any atom is -0.478 e. The molecule has 0 bridgehead atoms. The summed E-state index contributed by atoms with van der Waals surface area (Å²) in [6.45, 7) is 4.82. The quantitative estimate of drug-likeness (QED) is 0.106. The number of nitrogens with one attached hydrogen (secondary N) is 1. The van der Waals surface area contributed by atoms with Crippen molar-refractivity contribution in [2.24, 2.45) is 10.3 Å². The number of aromatic nitrogens is 1. The molecule has 20 heteroatoms. The molecule has 0 aromatic carbocycles. The van der Waals surface area contributed by atoms with Crippen LogP contribution in [0.25, 0.3) is 0 Å². The number of oxime groups is 1. The van der Waals surface area contributed by atoms with Gasteiger partial charge in [0.25, 0.3) is 5.91 Å². The van der Waals surface area contributed by atoms with Gasteiger partial charge in [-0.05, 0) is 27.7 Å². The number of β-lactam (4-membered cyclic amide) rings is 1. The van der Waals surface area contributed by atoms with Gasteiger partial charge in [-0.15, -0.1) is 11.3 Å². The lowest BCUT2D eigenvalue weighted by Gasteiger charge is -2.42. The average molecular weight is 588 g/mol. The number of nitrogens with zero attached hydrogens (tertiary/aromatic N) is 7. The third kappa shape index (κ3) is 6.06. The average Bonchev–Trinajstić information content (AvgIpc) is 3.42. The Morgan fingerprint density at radius 2 is 2.00 bits per heavy atom. The molecular weight excluding hydrogens is 562 g/mol. The Labute approximate surface area is 225 Å². The molecule has 0 radical (unpaired) electrons. The van der Waals surface area contributed by atoms with Crippen LogP contribution in [0, 0.1) is 0 Å². The third-order valence-corrected chi connectivity index (χ3v) is 7.24. The van der Waals surface area contributed by atoms with Crippen molar-refractivity contribution in [1.82, 2.24) is 23.9 Å². The van der Waals surface area contributed by atoms with Crippen molar-refractivity contribution in [3.63, 3.8) is 0 Å². The highest BCUT2D eigenvalue weighted by Crippen LogP contribution is 2.28. The summed E-state index contributed by atoms with van der Waals surface area (Å²) in [6, 6.07) is -3.61. The maximum atomic E-state index is 13.0. The minimum absolute atomic E-state index is 0.0272. The SMILES string of the molecule is CC(C)=NN1CCN(S(=O)(=O)NC(=O)N2CC(N(C(C=O)=NOC(C)(C)C(=O)O)c3csc(N)n3)C2=O)C1=O. The lowest BCUT2D eigenvalue weighted by atomic mass is 10.1. The van der Waals surface area contributed by atoms with E-state index in [9.17, 15) is 37.5 Å². The Morgan fingerprint density at radius 1 is 1.33 bits per heavy atom. The second kappa shape index (κ2) is 10.8. The maximum absolute atomic E-state index is 13.0. The smallest absolute Gasteiger partial charge is 0.355 e. The van der Waals surface area contributed by atoms with E-state index in [0.29, 0.717) is 14.9 Å². The van der Waals surface area contributed by atoms with Crippen molar-refractivity contribution < 1.29 is 42.3 Å². The Bertz CT molecular complexity index is 1370. The highest BCUT2D eigenvalue weighted by Gasteiger charge is 2.49. The van der Waals surface area contributed by atoms with E-state index in [2.05, 4.69) is 15.2 Å². The molecule has 1 aromatic rings. The first-order chi connectivity index (χ1) is 18.1. The van der Waals surface area contributed by atoms with Gasteiger partial charge in [0.15, 0.2) is 11.4 Å². The van der Waals surface area contributed by atoms with E-state index < -0.39 is 58.2 Å². The molecule has 0 saturated carbocycles. The number of urea groups is 2. The fourth-order valence-electron chi connectivity index (χ4n) is 3.22. The molecule has 2 saturated heterocycles. The first kappa shape index (κ1) is 29.2. The molecule has 39 heavy (non-hydrogen) atoms. The van der Waals surface area contributed by atoms with Crippen molar-refractivity contribution in [3.05, 3.63) is 5.38 Å². The Hall–Kier alpha value is -4.33. The highest BCUT2D eigenvalue weighted by molar-refractivity contribution is 7.88. The van der Waals surface area contributed by atoms with E-state index in [-0.39, 0.29) is 30.3 Å². The van der Waals surface area contributed by atoms with Gasteiger partial charge in [-0.25, -0.2) is 33.4 Å². The largest absolute Gasteiger partial charge is 0.478 e. The molecule has 3 rings (SSSR count). The number of aldehydes is 1. The second-order valence-corrected chi connectivity index (χ2v) is 11.3. The van der Waals surface area contributed by atoms with Crippen LogP contribution in [0.4, 0.5) is 20.5 Å². The lowest BCUT2D eigenvalue weighted by molar-refractivity contribution is -0.161. The molecule has 1 unspecified atom stereocenters. The van der Waals surface area contributed by atoms with Crippen molar-refractivity contribution in [2.45, 2.75) is 39.3 Å². The summed E-state index contributed by atoms with van der Waals surface area (Å²) in [4.78, 5) is 71.6. The van der Waals surface area contributed by atoms with Gasteiger partial charge >= 0.3 is 28.2 Å². The van der Waals surface area contributed by atoms with Crippen molar-refractivity contribution in [2.75, 3.05) is 30.3 Å². The number of hydrazone groups is 1. The summed E-state index contributed by atoms with van der Waals surface area (Å²) in [5, 5.41) is 19.1. The molecule has 0 aliphatic carbocycles. The van der Waals surface area contributed by atoms with Crippen LogP contribution in [0.5, 0.6) is 0 Å². The number of amides is 5. The van der Waals surface area contributed by atoms with Gasteiger partial charge in [-0.3, -0.25) is 19.4 Å². The number of hydrogen-bond acceptors (Lipinski definition) is 13. The zero-order chi connectivity index (χ0) is 29.3. The van der Waals surface area contributed by atoms with Gasteiger partial charge in [0, 0.05) is 11.1 Å². The number of carboxylic acids is 1. The lowest BCUT2D eigenvalue weighted by Crippen LogP contribution is -2.69. The van der Waals surface area contributed by atoms with E-state index in [1.165, 1.54) is 19.2 Å². The zero-order valence-corrected chi connectivity index (χ0v) is 22.7. The van der Waals surface area contributed by atoms with Crippen molar-refractivity contribution >= 4 is 74.3 Å². The standard InChI is InChI=1S/C19H25N9O9S2/c1-10(2)22-26-5-6-27(18(26)34)39(35,36)24-17(33)25-7-11(14(25)30)28(13-9-38-16(20)21-13)12(8-29)23-37-19(3,4)15(31)32/h8-9,11H,5-7H2,1-4H3,(H2,20,21)(H,24,33)(H,31,32). The van der Waals surface area contributed by atoms with Crippen LogP contribution in [0.2, 0.25) is 0 Å². The molecular formula is C19H25N9O9S2. The number of nitrogens with two attached hydrogens (primary N) is 1. The molecule has 5 amide bonds. The van der Waals surface area contributed by atoms with Crippen LogP contribution in [0.1, 0.15) is 27.7 Å². The Kier molecular flexibility index (Phi) is 8.10. The summed E-state index contributed by atoms with van der Waals surface area (Å²) < 4.78 is 27.4. The normalized spacial score (nSPS) is 18.0. The fraction of sp³-hybridized carbons (Fsp3) is 0.474. The Morgan fingerprint density at radius 3 is 2.51 bits per heavy atom. The number of nitrogen functional groups attached to an aromatic ring is 1. The topological polar surface area (TPSA) is 238 Å². The number of rotatable bonds is 9. The summed E-state index contributed by atoms with van der Waals surface area (Å²) in [7, 11) is -4.68. The first-order valence-corrected chi connectivity index (χ1v) is 13.3. The van der Waals surface area contributed by atoms with Crippen LogP contribution in [0.3, 0.4) is 0 Å². The molecule has 2 aliphatic heterocycles. The van der Waals surface area contributed by atoms with Gasteiger partial charge in [-0.2, -0.15) is 13.5 Å². The number of thiazole rings is 1. The van der Waals surface area contributed by atoms with Crippen molar-refractivity contribution in [3.8, 4) is 0 Å². The number of imide groups is 1. The van der Waals surface area contributed by atoms with Gasteiger partial charge < -0.3 is 15.7 Å². The van der Waals surface area contributed by atoms with Gasteiger partial charge in [0.05, 0.1) is 19.6 Å². The van der Waals surface area contributed by atoms with Crippen LogP contribution >= 0.6 is 11.3 Å². The fourth-order valence-corrected chi connectivity index (χ4v) is 4.82. The number of likely N-dealkylation sites (tertiary alicyclic amines) is 1. The molecule has 4 N–H and O–H groups in total. The summed E-state index contributed by atoms with van der Waals surface area (Å²) in [5.41, 5.74) is 4.33. The number of amidine groups is 1. The predicted molar refractivity (Wildman–Crippen MR) is 136 cm³/mol. The molecule has 2 aliphatic rings. The van der Waals surface area contributed by atoms with Crippen LogP contribution in [-0.2, 0) is 29.4 Å². The number of anilines is 2. The summed E-state index contributed by atoms with van der Waals surface area (Å²) >= 11 is 0.960. The monoisotopic (exact) mass is 587 g/mol. The number of hydrogen-bond donors (Lipinski definition) is 3. The molecule has 1 aromatic heterocycles. The Balaban J connectivity index is 1.78. The van der Waals surface area contributed by atoms with E-state index in [1.807, 2.05) is 0 Å². The number of aliphatic carboxylic acids is 1. The van der Waals surface area contributed by atoms with Gasteiger partial charge in [0.2, 0.25) is 11.4 Å². The van der Waals surface area contributed by atoms with Crippen LogP contribution in [0.15, 0.2) is 15.6 Å². The molecule has 18 nitrogen and oxygen atoms in total. The number of carbonyl (C=O) groups is 5. The molecule has 212 valence electrons. The molecule has 3 heterocycles. The highest BCUT2D eigenvalue weighted by atomic mass is 32.2. The van der Waals surface area contributed by atoms with E-state index in [4.69, 9.17) is 10.6 Å². The predicted octanol–water partition coefficient (Wildman–Crippen LogP) is -0.777. The van der Waals surface area contributed by atoms with Crippen LogP contribution in [-0.4, -0.2) is 106 Å². The van der Waals surface area contributed by atoms with Crippen molar-refractivity contribution in [1.29, 1.82) is 0 Å². The maximum Gasteiger partial charge on any atom is 0.355 e. The summed E-state index contributed by atoms with van der Waals surface area (Å²) in [5.74, 6) is -2.93. The zero-order valence-electron chi connectivity index (χ0n) is 21.1. The molecule has 0 spiro atoms. The van der Waals surface area contributed by atoms with Crippen LogP contribution < -0.4 is 15.4 Å². The third-order valence-electron chi connectivity index (χ3n) is 5.23. The van der Waals surface area contributed by atoms with Gasteiger partial charge in [-0.1, -0.05) is 5.16 Å². The number of carbonyl (C=O) groups excluding carboxylic acids is 4. The summed E-state index contributed by atoms with van der Waals surface area (Å²) in [6.07, 6.45) is 0.180. The van der Waals surface area contributed by atoms with E-state index >= 15 is 0 Å². The molecule has 1 atom stereocenters.